The van der Waals surface area contributed by atoms with Crippen LogP contribution in [0.4, 0.5) is 10.1 Å². The van der Waals surface area contributed by atoms with E-state index >= 15 is 0 Å². The molecule has 0 aliphatic carbocycles. The molecule has 32 heavy (non-hydrogen) atoms. The van der Waals surface area contributed by atoms with Gasteiger partial charge in [-0.05, 0) is 42.5 Å². The van der Waals surface area contributed by atoms with Crippen LogP contribution in [-0.4, -0.2) is 26.6 Å². The lowest BCUT2D eigenvalue weighted by molar-refractivity contribution is 0.0956. The zero-order valence-corrected chi connectivity index (χ0v) is 19.8. The molecule has 5 nitrogen and oxygen atoms in total. The van der Waals surface area contributed by atoms with Crippen molar-refractivity contribution < 1.29 is 17.6 Å². The normalized spacial score (nSPS) is 11.2. The highest BCUT2D eigenvalue weighted by molar-refractivity contribution is 7.98. The van der Waals surface area contributed by atoms with Crippen LogP contribution in [0, 0.1) is 5.82 Å². The smallest absolute Gasteiger partial charge is 0.261 e. The number of sulfonamides is 1. The molecular formula is C22H19Cl2FN2O3S2. The van der Waals surface area contributed by atoms with Gasteiger partial charge in [0.2, 0.25) is 0 Å². The Morgan fingerprint density at radius 1 is 0.969 bits per heavy atom. The van der Waals surface area contributed by atoms with E-state index in [0.29, 0.717) is 28.6 Å². The largest absolute Gasteiger partial charge is 0.351 e. The molecule has 0 aliphatic rings. The van der Waals surface area contributed by atoms with Gasteiger partial charge >= 0.3 is 0 Å². The lowest BCUT2D eigenvalue weighted by Crippen LogP contribution is -2.26. The molecule has 0 radical (unpaired) electrons. The third kappa shape index (κ3) is 6.38. The zero-order chi connectivity index (χ0) is 23.1. The minimum absolute atomic E-state index is 0.105. The number of hydrogen-bond acceptors (Lipinski definition) is 4. The summed E-state index contributed by atoms with van der Waals surface area (Å²) in [4.78, 5) is 12.6. The fourth-order valence-electron chi connectivity index (χ4n) is 2.75. The van der Waals surface area contributed by atoms with Gasteiger partial charge in [0.15, 0.2) is 0 Å². The van der Waals surface area contributed by atoms with Crippen LogP contribution >= 0.6 is 35.0 Å². The standard InChI is InChI=1S/C22H19Cl2FN2O3S2/c23-19-7-4-8-21(25)18(19)14-31-12-11-26-22(28)17-13-15(9-10-20(17)24)27-32(29,30)16-5-2-1-3-6-16/h1-10,13,27H,11-12,14H2,(H,26,28). The summed E-state index contributed by atoms with van der Waals surface area (Å²) in [5.74, 6) is 0.0867. The van der Waals surface area contributed by atoms with Gasteiger partial charge in [-0.25, -0.2) is 12.8 Å². The number of carbonyl (C=O) groups is 1. The molecule has 0 fully saturated rings. The Kier molecular flexibility index (Phi) is 8.42. The van der Waals surface area contributed by atoms with Gasteiger partial charge in [-0.3, -0.25) is 9.52 Å². The summed E-state index contributed by atoms with van der Waals surface area (Å²) in [5.41, 5.74) is 0.779. The average molecular weight is 513 g/mol. The Balaban J connectivity index is 1.57. The van der Waals surface area contributed by atoms with Gasteiger partial charge in [0.25, 0.3) is 15.9 Å². The summed E-state index contributed by atoms with van der Waals surface area (Å²) in [6, 6.07) is 16.7. The van der Waals surface area contributed by atoms with Crippen molar-refractivity contribution in [2.24, 2.45) is 0 Å². The molecule has 10 heteroatoms. The van der Waals surface area contributed by atoms with Crippen LogP contribution in [0.3, 0.4) is 0 Å². The van der Waals surface area contributed by atoms with Crippen LogP contribution in [-0.2, 0) is 15.8 Å². The second-order valence-corrected chi connectivity index (χ2v) is 10.2. The van der Waals surface area contributed by atoms with Gasteiger partial charge in [0, 0.05) is 34.3 Å². The van der Waals surface area contributed by atoms with Gasteiger partial charge in [0.05, 0.1) is 15.5 Å². The number of thioether (sulfide) groups is 1. The van der Waals surface area contributed by atoms with Gasteiger partial charge in [-0.15, -0.1) is 0 Å². The lowest BCUT2D eigenvalue weighted by Gasteiger charge is -2.11. The maximum atomic E-state index is 13.8. The Labute approximate surface area is 200 Å². The van der Waals surface area contributed by atoms with Crippen molar-refractivity contribution in [1.29, 1.82) is 0 Å². The highest BCUT2D eigenvalue weighted by Gasteiger charge is 2.16. The first kappa shape index (κ1) is 24.4. The predicted octanol–water partition coefficient (Wildman–Crippen LogP) is 5.60. The minimum atomic E-state index is -3.80. The van der Waals surface area contributed by atoms with Crippen LogP contribution in [0.25, 0.3) is 0 Å². The monoisotopic (exact) mass is 512 g/mol. The van der Waals surface area contributed by atoms with Gasteiger partial charge < -0.3 is 5.32 Å². The van der Waals surface area contributed by atoms with Crippen molar-refractivity contribution in [2.45, 2.75) is 10.6 Å². The summed E-state index contributed by atoms with van der Waals surface area (Å²) >= 11 is 13.6. The van der Waals surface area contributed by atoms with E-state index in [1.54, 1.807) is 30.3 Å². The number of hydrogen-bond donors (Lipinski definition) is 2. The van der Waals surface area contributed by atoms with Crippen LogP contribution < -0.4 is 10.0 Å². The number of amides is 1. The first-order valence-corrected chi connectivity index (χ1v) is 12.8. The number of halogens is 3. The molecule has 3 rings (SSSR count). The van der Waals surface area contributed by atoms with Gasteiger partial charge in [0.1, 0.15) is 5.82 Å². The van der Waals surface area contributed by atoms with Crippen molar-refractivity contribution in [2.75, 3.05) is 17.0 Å². The molecule has 3 aromatic rings. The molecule has 2 N–H and O–H groups in total. The predicted molar refractivity (Wildman–Crippen MR) is 129 cm³/mol. The summed E-state index contributed by atoms with van der Waals surface area (Å²) in [6.07, 6.45) is 0. The summed E-state index contributed by atoms with van der Waals surface area (Å²) in [5, 5.41) is 3.28. The van der Waals surface area contributed by atoms with E-state index in [0.717, 1.165) is 0 Å². The van der Waals surface area contributed by atoms with E-state index in [-0.39, 0.29) is 27.0 Å². The SMILES string of the molecule is O=C(NCCSCc1c(F)cccc1Cl)c1cc(NS(=O)(=O)c2ccccc2)ccc1Cl. The summed E-state index contributed by atoms with van der Waals surface area (Å²) in [6.45, 7) is 0.311. The number of rotatable bonds is 9. The van der Waals surface area contributed by atoms with E-state index in [1.807, 2.05) is 0 Å². The number of benzene rings is 3. The third-order valence-corrected chi connectivity index (χ3v) is 7.42. The van der Waals surface area contributed by atoms with Crippen LogP contribution in [0.2, 0.25) is 10.0 Å². The van der Waals surface area contributed by atoms with Crippen LogP contribution in [0.15, 0.2) is 71.6 Å². The second-order valence-electron chi connectivity index (χ2n) is 6.62. The summed E-state index contributed by atoms with van der Waals surface area (Å²) < 4.78 is 41.2. The molecule has 1 amide bonds. The van der Waals surface area contributed by atoms with Gasteiger partial charge in [-0.1, -0.05) is 47.5 Å². The molecule has 168 valence electrons. The van der Waals surface area contributed by atoms with Crippen molar-refractivity contribution in [3.05, 3.63) is 93.7 Å². The van der Waals surface area contributed by atoms with Crippen molar-refractivity contribution in [3.63, 3.8) is 0 Å². The topological polar surface area (TPSA) is 75.3 Å². The molecule has 0 heterocycles. The Hall–Kier alpha value is -2.26. The minimum Gasteiger partial charge on any atom is -0.351 e. The highest BCUT2D eigenvalue weighted by Crippen LogP contribution is 2.25. The quantitative estimate of drug-likeness (QED) is 0.366. The molecular weight excluding hydrogens is 494 g/mol. The van der Waals surface area contributed by atoms with Crippen LogP contribution in [0.1, 0.15) is 15.9 Å². The van der Waals surface area contributed by atoms with E-state index in [1.165, 1.54) is 48.2 Å². The number of anilines is 1. The van der Waals surface area contributed by atoms with Crippen molar-refractivity contribution in [1.82, 2.24) is 5.32 Å². The lowest BCUT2D eigenvalue weighted by atomic mass is 10.2. The van der Waals surface area contributed by atoms with Crippen molar-refractivity contribution in [3.8, 4) is 0 Å². The number of nitrogens with one attached hydrogen (secondary N) is 2. The highest BCUT2D eigenvalue weighted by atomic mass is 35.5. The molecule has 0 unspecified atom stereocenters. The molecule has 0 atom stereocenters. The Morgan fingerprint density at radius 2 is 1.72 bits per heavy atom. The number of carbonyl (C=O) groups excluding carboxylic acids is 1. The Morgan fingerprint density at radius 3 is 2.44 bits per heavy atom. The molecule has 0 spiro atoms. The van der Waals surface area contributed by atoms with Crippen molar-refractivity contribution >= 4 is 56.6 Å². The third-order valence-electron chi connectivity index (χ3n) is 4.36. The van der Waals surface area contributed by atoms with Crippen LogP contribution in [0.5, 0.6) is 0 Å². The molecule has 3 aromatic carbocycles. The summed E-state index contributed by atoms with van der Waals surface area (Å²) in [7, 11) is -3.80. The maximum absolute atomic E-state index is 13.8. The average Bonchev–Trinajstić information content (AvgIpc) is 2.77. The molecule has 0 saturated heterocycles. The molecule has 0 saturated carbocycles. The van der Waals surface area contributed by atoms with E-state index in [9.17, 15) is 17.6 Å². The second kappa shape index (κ2) is 11.0. The maximum Gasteiger partial charge on any atom is 0.261 e. The molecule has 0 bridgehead atoms. The van der Waals surface area contributed by atoms with E-state index < -0.39 is 15.9 Å². The first-order valence-electron chi connectivity index (χ1n) is 9.44. The molecule has 0 aromatic heterocycles. The molecule has 0 aliphatic heterocycles. The van der Waals surface area contributed by atoms with E-state index in [2.05, 4.69) is 10.0 Å². The Bertz CT molecular complexity index is 1190. The first-order chi connectivity index (χ1) is 15.3. The zero-order valence-electron chi connectivity index (χ0n) is 16.6. The van der Waals surface area contributed by atoms with E-state index in [4.69, 9.17) is 23.2 Å². The fourth-order valence-corrected chi connectivity index (χ4v) is 5.22. The van der Waals surface area contributed by atoms with Gasteiger partial charge in [-0.2, -0.15) is 11.8 Å². The fraction of sp³-hybridized carbons (Fsp3) is 0.136.